The van der Waals surface area contributed by atoms with E-state index >= 15 is 0 Å². The molecule has 0 saturated carbocycles. The second-order valence-corrected chi connectivity index (χ2v) is 5.40. The van der Waals surface area contributed by atoms with E-state index < -0.39 is 0 Å². The molecule has 0 saturated heterocycles. The van der Waals surface area contributed by atoms with Crippen LogP contribution in [-0.2, 0) is 4.74 Å². The minimum atomic E-state index is 0.671. The number of hydrogen-bond acceptors (Lipinski definition) is 2. The van der Waals surface area contributed by atoms with Crippen LogP contribution in [0.25, 0.3) is 0 Å². The largest absolute Gasteiger partial charge is 0.475 e. The van der Waals surface area contributed by atoms with Crippen molar-refractivity contribution in [2.75, 3.05) is 13.2 Å². The van der Waals surface area contributed by atoms with E-state index in [-0.39, 0.29) is 0 Å². The summed E-state index contributed by atoms with van der Waals surface area (Å²) in [6.45, 7) is 1.41. The summed E-state index contributed by atoms with van der Waals surface area (Å²) in [6.07, 6.45) is 0. The van der Waals surface area contributed by atoms with E-state index in [0.29, 0.717) is 12.5 Å². The molecule has 0 fully saturated rings. The van der Waals surface area contributed by atoms with Crippen LogP contribution in [0.2, 0.25) is 0 Å². The molecule has 2 rings (SSSR count). The predicted molar refractivity (Wildman–Crippen MR) is 66.9 cm³/mol. The standard InChI is InChI=1S/C9H6Br3NO/c10-5-3-6(11)8(7(12)4-5)9-13-1-2-14-9/h3-4H,1-2H2. The molecule has 0 radical (unpaired) electrons. The number of ether oxygens (including phenoxy) is 1. The Balaban J connectivity index is 2.52. The van der Waals surface area contributed by atoms with Crippen molar-refractivity contribution >= 4 is 53.7 Å². The van der Waals surface area contributed by atoms with Gasteiger partial charge < -0.3 is 4.74 Å². The van der Waals surface area contributed by atoms with E-state index in [0.717, 1.165) is 25.5 Å². The van der Waals surface area contributed by atoms with Crippen LogP contribution in [0.15, 0.2) is 30.5 Å². The van der Waals surface area contributed by atoms with Gasteiger partial charge in [-0.2, -0.15) is 0 Å². The molecule has 5 heteroatoms. The lowest BCUT2D eigenvalue weighted by molar-refractivity contribution is 0.348. The lowest BCUT2D eigenvalue weighted by Crippen LogP contribution is -2.03. The van der Waals surface area contributed by atoms with Crippen molar-refractivity contribution in [3.8, 4) is 0 Å². The van der Waals surface area contributed by atoms with E-state index in [4.69, 9.17) is 4.74 Å². The Labute approximate surface area is 107 Å². The molecule has 2 nitrogen and oxygen atoms in total. The molecular weight excluding hydrogens is 378 g/mol. The van der Waals surface area contributed by atoms with Crippen molar-refractivity contribution in [3.05, 3.63) is 31.1 Å². The highest BCUT2D eigenvalue weighted by Gasteiger charge is 2.17. The maximum atomic E-state index is 5.42. The highest BCUT2D eigenvalue weighted by Crippen LogP contribution is 2.31. The Kier molecular flexibility index (Phi) is 3.29. The molecule has 1 aliphatic rings. The summed E-state index contributed by atoms with van der Waals surface area (Å²) in [5, 5.41) is 0. The fraction of sp³-hybridized carbons (Fsp3) is 0.222. The minimum absolute atomic E-state index is 0.671. The molecule has 0 bridgehead atoms. The lowest BCUT2D eigenvalue weighted by atomic mass is 10.2. The normalized spacial score (nSPS) is 15.2. The zero-order valence-corrected chi connectivity index (χ0v) is 11.8. The maximum absolute atomic E-state index is 5.42. The molecule has 74 valence electrons. The Morgan fingerprint density at radius 3 is 2.29 bits per heavy atom. The number of benzene rings is 1. The van der Waals surface area contributed by atoms with Gasteiger partial charge in [-0.3, -0.25) is 0 Å². The van der Waals surface area contributed by atoms with Crippen LogP contribution in [-0.4, -0.2) is 19.0 Å². The molecule has 0 aromatic heterocycles. The second kappa shape index (κ2) is 4.33. The monoisotopic (exact) mass is 381 g/mol. The molecular formula is C9H6Br3NO. The summed E-state index contributed by atoms with van der Waals surface area (Å²) in [4.78, 5) is 4.28. The van der Waals surface area contributed by atoms with Gasteiger partial charge >= 0.3 is 0 Å². The summed E-state index contributed by atoms with van der Waals surface area (Å²) < 4.78 is 8.37. The van der Waals surface area contributed by atoms with Crippen molar-refractivity contribution in [1.82, 2.24) is 0 Å². The summed E-state index contributed by atoms with van der Waals surface area (Å²) in [6, 6.07) is 3.95. The molecule has 0 aliphatic carbocycles. The Morgan fingerprint density at radius 2 is 1.79 bits per heavy atom. The molecule has 0 amide bonds. The van der Waals surface area contributed by atoms with Crippen molar-refractivity contribution in [2.24, 2.45) is 4.99 Å². The summed E-state index contributed by atoms with van der Waals surface area (Å²) in [5.74, 6) is 0.705. The summed E-state index contributed by atoms with van der Waals surface area (Å²) >= 11 is 10.4. The van der Waals surface area contributed by atoms with Crippen molar-refractivity contribution in [2.45, 2.75) is 0 Å². The van der Waals surface area contributed by atoms with E-state index in [1.165, 1.54) is 0 Å². The first-order valence-electron chi connectivity index (χ1n) is 4.00. The Hall–Kier alpha value is 0.130. The molecule has 1 aromatic carbocycles. The SMILES string of the molecule is Brc1cc(Br)c(C2=NCCO2)c(Br)c1. The average Bonchev–Trinajstić information content (AvgIpc) is 2.54. The fourth-order valence-electron chi connectivity index (χ4n) is 1.23. The van der Waals surface area contributed by atoms with E-state index in [9.17, 15) is 0 Å². The Bertz CT molecular complexity index is 380. The molecule has 0 atom stereocenters. The minimum Gasteiger partial charge on any atom is -0.475 e. The van der Waals surface area contributed by atoms with Gasteiger partial charge in [0.2, 0.25) is 5.90 Å². The van der Waals surface area contributed by atoms with Crippen LogP contribution in [0, 0.1) is 0 Å². The van der Waals surface area contributed by atoms with Gasteiger partial charge in [0.25, 0.3) is 0 Å². The van der Waals surface area contributed by atoms with E-state index in [2.05, 4.69) is 52.8 Å². The third kappa shape index (κ3) is 2.04. The van der Waals surface area contributed by atoms with Gasteiger partial charge in [-0.05, 0) is 44.0 Å². The number of nitrogens with zero attached hydrogens (tertiary/aromatic N) is 1. The molecule has 0 unspecified atom stereocenters. The van der Waals surface area contributed by atoms with Gasteiger partial charge in [0, 0.05) is 13.4 Å². The number of hydrogen-bond donors (Lipinski definition) is 0. The number of aliphatic imine (C=N–C) groups is 1. The summed E-state index contributed by atoms with van der Waals surface area (Å²) in [7, 11) is 0. The van der Waals surface area contributed by atoms with Gasteiger partial charge in [-0.15, -0.1) is 0 Å². The van der Waals surface area contributed by atoms with Gasteiger partial charge in [-0.1, -0.05) is 15.9 Å². The van der Waals surface area contributed by atoms with Gasteiger partial charge in [0.1, 0.15) is 6.61 Å². The fourth-order valence-corrected chi connectivity index (χ4v) is 3.83. The molecule has 0 N–H and O–H groups in total. The van der Waals surface area contributed by atoms with Crippen LogP contribution >= 0.6 is 47.8 Å². The first-order chi connectivity index (χ1) is 6.68. The smallest absolute Gasteiger partial charge is 0.218 e. The highest BCUT2D eigenvalue weighted by atomic mass is 79.9. The second-order valence-electron chi connectivity index (χ2n) is 2.78. The van der Waals surface area contributed by atoms with Crippen molar-refractivity contribution in [1.29, 1.82) is 0 Å². The number of halogens is 3. The van der Waals surface area contributed by atoms with Crippen LogP contribution in [0.5, 0.6) is 0 Å². The quantitative estimate of drug-likeness (QED) is 0.723. The number of rotatable bonds is 1. The maximum Gasteiger partial charge on any atom is 0.218 e. The Morgan fingerprint density at radius 1 is 1.14 bits per heavy atom. The predicted octanol–water partition coefficient (Wildman–Crippen LogP) is 3.75. The van der Waals surface area contributed by atoms with Crippen molar-refractivity contribution < 1.29 is 4.74 Å². The first-order valence-corrected chi connectivity index (χ1v) is 6.38. The van der Waals surface area contributed by atoms with Crippen LogP contribution in [0.1, 0.15) is 5.56 Å². The van der Waals surface area contributed by atoms with E-state index in [1.807, 2.05) is 12.1 Å². The van der Waals surface area contributed by atoms with Gasteiger partial charge in [-0.25, -0.2) is 4.99 Å². The van der Waals surface area contributed by atoms with Crippen LogP contribution < -0.4 is 0 Å². The van der Waals surface area contributed by atoms with Crippen LogP contribution in [0.3, 0.4) is 0 Å². The summed E-state index contributed by atoms with van der Waals surface area (Å²) in [5.41, 5.74) is 0.978. The lowest BCUT2D eigenvalue weighted by Gasteiger charge is -2.07. The zero-order chi connectivity index (χ0) is 10.1. The van der Waals surface area contributed by atoms with Crippen LogP contribution in [0.4, 0.5) is 0 Å². The van der Waals surface area contributed by atoms with E-state index in [1.54, 1.807) is 0 Å². The van der Waals surface area contributed by atoms with Gasteiger partial charge in [0.15, 0.2) is 0 Å². The molecule has 1 aromatic rings. The zero-order valence-electron chi connectivity index (χ0n) is 7.06. The average molecular weight is 384 g/mol. The third-order valence-corrected chi connectivity index (χ3v) is 3.51. The van der Waals surface area contributed by atoms with Crippen molar-refractivity contribution in [3.63, 3.8) is 0 Å². The molecule has 1 aliphatic heterocycles. The molecule has 0 spiro atoms. The van der Waals surface area contributed by atoms with Gasteiger partial charge in [0.05, 0.1) is 12.1 Å². The molecule has 14 heavy (non-hydrogen) atoms. The third-order valence-electron chi connectivity index (χ3n) is 1.81. The highest BCUT2D eigenvalue weighted by molar-refractivity contribution is 9.11. The topological polar surface area (TPSA) is 21.6 Å². The first kappa shape index (κ1) is 10.6. The molecule has 1 heterocycles.